The van der Waals surface area contributed by atoms with Gasteiger partial charge in [-0.25, -0.2) is 4.98 Å². The van der Waals surface area contributed by atoms with E-state index >= 15 is 0 Å². The molecule has 5 heteroatoms. The molecule has 0 amide bonds. The number of methoxy groups -OCH3 is 1. The number of hydrogen-bond acceptors (Lipinski definition) is 4. The van der Waals surface area contributed by atoms with Crippen molar-refractivity contribution in [3.05, 3.63) is 18.2 Å². The molecule has 0 aliphatic carbocycles. The molecule has 1 aromatic heterocycles. The van der Waals surface area contributed by atoms with E-state index in [0.29, 0.717) is 0 Å². The zero-order valence-corrected chi connectivity index (χ0v) is 13.1. The number of hydrogen-bond donors (Lipinski definition) is 0. The van der Waals surface area contributed by atoms with E-state index < -0.39 is 0 Å². The lowest BCUT2D eigenvalue weighted by molar-refractivity contribution is 0.184. The number of imidazole rings is 1. The van der Waals surface area contributed by atoms with Crippen LogP contribution >= 0.6 is 0 Å². The van der Waals surface area contributed by atoms with Crippen LogP contribution in [-0.2, 0) is 17.8 Å². The second kappa shape index (κ2) is 7.76. The van der Waals surface area contributed by atoms with Gasteiger partial charge in [-0.2, -0.15) is 0 Å². The summed E-state index contributed by atoms with van der Waals surface area (Å²) in [5.41, 5.74) is 1.30. The minimum absolute atomic E-state index is 0.735. The van der Waals surface area contributed by atoms with E-state index in [2.05, 4.69) is 33.4 Å². The van der Waals surface area contributed by atoms with Crippen LogP contribution in [0.25, 0.3) is 0 Å². The van der Waals surface area contributed by atoms with Gasteiger partial charge in [0, 0.05) is 39.0 Å². The molecule has 0 spiro atoms. The van der Waals surface area contributed by atoms with Crippen LogP contribution in [0.3, 0.4) is 0 Å². The minimum atomic E-state index is 0.735. The molecule has 1 fully saturated rings. The lowest BCUT2D eigenvalue weighted by Crippen LogP contribution is -2.30. The van der Waals surface area contributed by atoms with Crippen molar-refractivity contribution in [1.82, 2.24) is 19.4 Å². The largest absolute Gasteiger partial charge is 0.383 e. The molecule has 5 nitrogen and oxygen atoms in total. The van der Waals surface area contributed by atoms with Gasteiger partial charge in [0.25, 0.3) is 0 Å². The van der Waals surface area contributed by atoms with Crippen molar-refractivity contribution in [3.63, 3.8) is 0 Å². The molecule has 20 heavy (non-hydrogen) atoms. The molecular weight excluding hydrogens is 252 g/mol. The van der Waals surface area contributed by atoms with Gasteiger partial charge in [0.2, 0.25) is 0 Å². The predicted molar refractivity (Wildman–Crippen MR) is 80.7 cm³/mol. The van der Waals surface area contributed by atoms with Gasteiger partial charge in [-0.1, -0.05) is 0 Å². The fraction of sp³-hybridized carbons (Fsp3) is 0.800. The van der Waals surface area contributed by atoms with E-state index in [0.717, 1.165) is 25.7 Å². The van der Waals surface area contributed by atoms with Crippen molar-refractivity contribution in [2.75, 3.05) is 40.9 Å². The van der Waals surface area contributed by atoms with E-state index in [1.165, 1.54) is 38.0 Å². The number of likely N-dealkylation sites (tertiary alicyclic amines) is 1. The molecule has 1 aromatic rings. The molecule has 1 saturated heterocycles. The summed E-state index contributed by atoms with van der Waals surface area (Å²) in [4.78, 5) is 9.21. The number of rotatable bonds is 6. The van der Waals surface area contributed by atoms with Crippen LogP contribution in [0, 0.1) is 0 Å². The SMILES string of the molecule is COCCn1cncc1CN1CCCC(N(C)C)CC1. The molecule has 2 heterocycles. The Morgan fingerprint density at radius 2 is 2.20 bits per heavy atom. The summed E-state index contributed by atoms with van der Waals surface area (Å²) in [6.45, 7) is 5.01. The highest BCUT2D eigenvalue weighted by Crippen LogP contribution is 2.16. The van der Waals surface area contributed by atoms with Gasteiger partial charge >= 0.3 is 0 Å². The second-order valence-electron chi connectivity index (χ2n) is 5.90. The maximum Gasteiger partial charge on any atom is 0.0949 e. The number of nitrogens with zero attached hydrogens (tertiary/aromatic N) is 4. The molecule has 0 radical (unpaired) electrons. The Morgan fingerprint density at radius 1 is 1.35 bits per heavy atom. The van der Waals surface area contributed by atoms with Gasteiger partial charge in [0.05, 0.1) is 18.6 Å². The zero-order chi connectivity index (χ0) is 14.4. The van der Waals surface area contributed by atoms with Gasteiger partial charge < -0.3 is 14.2 Å². The molecule has 1 aliphatic rings. The summed E-state index contributed by atoms with van der Waals surface area (Å²) in [6, 6.07) is 0.735. The van der Waals surface area contributed by atoms with Crippen LogP contribution in [0.15, 0.2) is 12.5 Å². The quantitative estimate of drug-likeness (QED) is 0.790. The standard InChI is InChI=1S/C15H28N4O/c1-17(2)14-5-4-7-18(8-6-14)12-15-11-16-13-19(15)9-10-20-3/h11,13-14H,4-10,12H2,1-3H3. The van der Waals surface area contributed by atoms with Crippen LogP contribution in [0.4, 0.5) is 0 Å². The maximum atomic E-state index is 5.15. The van der Waals surface area contributed by atoms with E-state index in [9.17, 15) is 0 Å². The van der Waals surface area contributed by atoms with Crippen LogP contribution in [0.5, 0.6) is 0 Å². The summed E-state index contributed by atoms with van der Waals surface area (Å²) < 4.78 is 7.36. The van der Waals surface area contributed by atoms with Crippen molar-refractivity contribution in [2.24, 2.45) is 0 Å². The first-order chi connectivity index (χ1) is 9.70. The minimum Gasteiger partial charge on any atom is -0.383 e. The third-order valence-corrected chi connectivity index (χ3v) is 4.24. The average Bonchev–Trinajstić information content (AvgIpc) is 2.71. The molecule has 0 aromatic carbocycles. The van der Waals surface area contributed by atoms with Crippen LogP contribution in [-0.4, -0.2) is 66.3 Å². The smallest absolute Gasteiger partial charge is 0.0949 e. The van der Waals surface area contributed by atoms with E-state index in [-0.39, 0.29) is 0 Å². The van der Waals surface area contributed by atoms with Crippen molar-refractivity contribution < 1.29 is 4.74 Å². The normalized spacial score (nSPS) is 21.3. The summed E-state index contributed by atoms with van der Waals surface area (Å²) in [7, 11) is 6.13. The lowest BCUT2D eigenvalue weighted by atomic mass is 10.1. The van der Waals surface area contributed by atoms with Crippen LogP contribution < -0.4 is 0 Å². The Bertz CT molecular complexity index is 391. The highest BCUT2D eigenvalue weighted by Gasteiger charge is 2.19. The lowest BCUT2D eigenvalue weighted by Gasteiger charge is -2.23. The monoisotopic (exact) mass is 280 g/mol. The van der Waals surface area contributed by atoms with Crippen molar-refractivity contribution in [1.29, 1.82) is 0 Å². The van der Waals surface area contributed by atoms with E-state index in [4.69, 9.17) is 4.74 Å². The molecule has 1 aliphatic heterocycles. The summed E-state index contributed by atoms with van der Waals surface area (Å²) in [5, 5.41) is 0. The first kappa shape index (κ1) is 15.5. The Labute approximate surface area is 122 Å². The fourth-order valence-corrected chi connectivity index (χ4v) is 2.91. The van der Waals surface area contributed by atoms with Gasteiger partial charge in [-0.05, 0) is 39.9 Å². The zero-order valence-electron chi connectivity index (χ0n) is 13.1. The van der Waals surface area contributed by atoms with Gasteiger partial charge in [0.1, 0.15) is 0 Å². The second-order valence-corrected chi connectivity index (χ2v) is 5.90. The fourth-order valence-electron chi connectivity index (χ4n) is 2.91. The molecule has 0 N–H and O–H groups in total. The van der Waals surface area contributed by atoms with Crippen LogP contribution in [0.1, 0.15) is 25.0 Å². The predicted octanol–water partition coefficient (Wildman–Crippen LogP) is 1.45. The summed E-state index contributed by atoms with van der Waals surface area (Å²) in [6.07, 6.45) is 7.76. The Balaban J connectivity index is 1.88. The van der Waals surface area contributed by atoms with Crippen LogP contribution in [0.2, 0.25) is 0 Å². The maximum absolute atomic E-state index is 5.15. The average molecular weight is 280 g/mol. The molecule has 0 saturated carbocycles. The Hall–Kier alpha value is -0.910. The van der Waals surface area contributed by atoms with Gasteiger partial charge in [0.15, 0.2) is 0 Å². The highest BCUT2D eigenvalue weighted by atomic mass is 16.5. The van der Waals surface area contributed by atoms with Gasteiger partial charge in [-0.15, -0.1) is 0 Å². The molecule has 114 valence electrons. The van der Waals surface area contributed by atoms with Gasteiger partial charge in [-0.3, -0.25) is 4.90 Å². The van der Waals surface area contributed by atoms with E-state index in [1.54, 1.807) is 7.11 Å². The molecular formula is C15H28N4O. The number of aromatic nitrogens is 2. The highest BCUT2D eigenvalue weighted by molar-refractivity contribution is 4.98. The molecule has 2 rings (SSSR count). The van der Waals surface area contributed by atoms with E-state index in [1.807, 2.05) is 12.5 Å². The Morgan fingerprint density at radius 3 is 2.95 bits per heavy atom. The molecule has 1 unspecified atom stereocenters. The summed E-state index contributed by atoms with van der Waals surface area (Å²) >= 11 is 0. The van der Waals surface area contributed by atoms with Crippen molar-refractivity contribution >= 4 is 0 Å². The first-order valence-corrected chi connectivity index (χ1v) is 7.57. The first-order valence-electron chi connectivity index (χ1n) is 7.57. The summed E-state index contributed by atoms with van der Waals surface area (Å²) in [5.74, 6) is 0. The van der Waals surface area contributed by atoms with Crippen molar-refractivity contribution in [3.8, 4) is 0 Å². The molecule has 0 bridgehead atoms. The van der Waals surface area contributed by atoms with Crippen molar-refractivity contribution in [2.45, 2.75) is 38.4 Å². The number of ether oxygens (including phenoxy) is 1. The molecule has 1 atom stereocenters. The topological polar surface area (TPSA) is 33.5 Å². The Kier molecular flexibility index (Phi) is 6.01. The third-order valence-electron chi connectivity index (χ3n) is 4.24. The third kappa shape index (κ3) is 4.30.